The average Bonchev–Trinajstić information content (AvgIpc) is 2.96. The fourth-order valence-electron chi connectivity index (χ4n) is 2.69. The summed E-state index contributed by atoms with van der Waals surface area (Å²) in [5.41, 5.74) is -0.194. The highest BCUT2D eigenvalue weighted by Crippen LogP contribution is 2.30. The molecule has 0 bridgehead atoms. The third-order valence-corrected chi connectivity index (χ3v) is 3.99. The molecule has 118 valence electrons. The zero-order valence-electron chi connectivity index (χ0n) is 12.0. The second-order valence-corrected chi connectivity index (χ2v) is 5.47. The van der Waals surface area contributed by atoms with Gasteiger partial charge in [0.05, 0.1) is 11.7 Å². The van der Waals surface area contributed by atoms with E-state index in [0.29, 0.717) is 12.1 Å². The Balaban J connectivity index is 2.04. The summed E-state index contributed by atoms with van der Waals surface area (Å²) in [4.78, 5) is 2.26. The lowest BCUT2D eigenvalue weighted by atomic mass is 10.0. The van der Waals surface area contributed by atoms with E-state index < -0.39 is 17.8 Å². The molecule has 6 heteroatoms. The second-order valence-electron chi connectivity index (χ2n) is 5.47. The monoisotopic (exact) mass is 302 g/mol. The first-order chi connectivity index (χ1) is 9.91. The summed E-state index contributed by atoms with van der Waals surface area (Å²) in [5.74, 6) is 0. The molecule has 0 aliphatic carbocycles. The number of likely N-dealkylation sites (N-methyl/N-ethyl adjacent to an activating group) is 1. The second kappa shape index (κ2) is 6.77. The van der Waals surface area contributed by atoms with Crippen molar-refractivity contribution in [1.29, 1.82) is 0 Å². The molecule has 1 heterocycles. The summed E-state index contributed by atoms with van der Waals surface area (Å²) in [6.45, 7) is 2.72. The first-order valence-corrected chi connectivity index (χ1v) is 7.16. The Morgan fingerprint density at radius 2 is 1.76 bits per heavy atom. The van der Waals surface area contributed by atoms with Crippen LogP contribution in [0.5, 0.6) is 0 Å². The third kappa shape index (κ3) is 4.18. The van der Waals surface area contributed by atoms with Gasteiger partial charge in [0, 0.05) is 12.6 Å². The Hall–Kier alpha value is -1.11. The van der Waals surface area contributed by atoms with Gasteiger partial charge in [0.2, 0.25) is 0 Å². The van der Waals surface area contributed by atoms with Gasteiger partial charge in [-0.3, -0.25) is 0 Å². The van der Waals surface area contributed by atoms with Crippen LogP contribution >= 0.6 is 0 Å². The molecule has 1 aromatic rings. The molecule has 21 heavy (non-hydrogen) atoms. The standard InChI is InChI=1S/C15H21F3N2O/c1-19-13(10-20-8-2-3-9-20)14(21)11-4-6-12(7-5-11)15(16,17)18/h4-7,13-14,19,21H,2-3,8-10H2,1H3. The molecular weight excluding hydrogens is 281 g/mol. The van der Waals surface area contributed by atoms with E-state index in [2.05, 4.69) is 10.2 Å². The molecular formula is C15H21F3N2O. The predicted molar refractivity (Wildman–Crippen MR) is 74.9 cm³/mol. The van der Waals surface area contributed by atoms with Crippen molar-refractivity contribution < 1.29 is 18.3 Å². The lowest BCUT2D eigenvalue weighted by Gasteiger charge is -2.27. The van der Waals surface area contributed by atoms with Gasteiger partial charge in [-0.25, -0.2) is 0 Å². The number of rotatable bonds is 5. The maximum atomic E-state index is 12.5. The number of hydrogen-bond acceptors (Lipinski definition) is 3. The largest absolute Gasteiger partial charge is 0.416 e. The van der Waals surface area contributed by atoms with E-state index in [-0.39, 0.29) is 6.04 Å². The Labute approximate surface area is 122 Å². The molecule has 0 aromatic heterocycles. The van der Waals surface area contributed by atoms with E-state index in [1.54, 1.807) is 7.05 Å². The van der Waals surface area contributed by atoms with Crippen LogP contribution in [0.1, 0.15) is 30.1 Å². The number of benzene rings is 1. The van der Waals surface area contributed by atoms with Crippen molar-refractivity contribution in [3.63, 3.8) is 0 Å². The Morgan fingerprint density at radius 3 is 2.24 bits per heavy atom. The summed E-state index contributed by atoms with van der Waals surface area (Å²) in [7, 11) is 1.76. The minimum absolute atomic E-state index is 0.195. The van der Waals surface area contributed by atoms with Crippen LogP contribution < -0.4 is 5.32 Å². The summed E-state index contributed by atoms with van der Waals surface area (Å²) in [6, 6.07) is 4.53. The highest BCUT2D eigenvalue weighted by Gasteiger charge is 2.31. The molecule has 0 radical (unpaired) electrons. The fraction of sp³-hybridized carbons (Fsp3) is 0.600. The summed E-state index contributed by atoms with van der Waals surface area (Å²) >= 11 is 0. The van der Waals surface area contributed by atoms with Crippen LogP contribution in [0.4, 0.5) is 13.2 Å². The molecule has 2 unspecified atom stereocenters. The van der Waals surface area contributed by atoms with Crippen molar-refractivity contribution in [2.75, 3.05) is 26.7 Å². The molecule has 0 amide bonds. The minimum atomic E-state index is -4.35. The number of alkyl halides is 3. The Kier molecular flexibility index (Phi) is 5.24. The van der Waals surface area contributed by atoms with Crippen LogP contribution in [0, 0.1) is 0 Å². The van der Waals surface area contributed by atoms with Crippen LogP contribution in [0.2, 0.25) is 0 Å². The molecule has 1 saturated heterocycles. The van der Waals surface area contributed by atoms with Crippen molar-refractivity contribution in [1.82, 2.24) is 10.2 Å². The first-order valence-electron chi connectivity index (χ1n) is 7.16. The van der Waals surface area contributed by atoms with Crippen molar-refractivity contribution >= 4 is 0 Å². The van der Waals surface area contributed by atoms with Crippen molar-refractivity contribution in [3.8, 4) is 0 Å². The topological polar surface area (TPSA) is 35.5 Å². The molecule has 2 N–H and O–H groups in total. The number of halogens is 3. The Morgan fingerprint density at radius 1 is 1.19 bits per heavy atom. The molecule has 0 saturated carbocycles. The van der Waals surface area contributed by atoms with Crippen molar-refractivity contribution in [2.45, 2.75) is 31.2 Å². The third-order valence-electron chi connectivity index (χ3n) is 3.99. The molecule has 1 aromatic carbocycles. The normalized spacial score (nSPS) is 19.7. The van der Waals surface area contributed by atoms with Gasteiger partial charge >= 0.3 is 6.18 Å². The molecule has 2 atom stereocenters. The van der Waals surface area contributed by atoms with Gasteiger partial charge in [0.25, 0.3) is 0 Å². The first kappa shape index (κ1) is 16.3. The number of nitrogens with one attached hydrogen (secondary N) is 1. The molecule has 1 fully saturated rings. The molecule has 2 rings (SSSR count). The van der Waals surface area contributed by atoms with E-state index in [9.17, 15) is 18.3 Å². The van der Waals surface area contributed by atoms with Gasteiger partial charge in [-0.05, 0) is 50.7 Å². The maximum absolute atomic E-state index is 12.5. The van der Waals surface area contributed by atoms with Gasteiger partial charge in [0.15, 0.2) is 0 Å². The minimum Gasteiger partial charge on any atom is -0.387 e. The van der Waals surface area contributed by atoms with Crippen LogP contribution in [-0.4, -0.2) is 42.7 Å². The number of hydrogen-bond donors (Lipinski definition) is 2. The quantitative estimate of drug-likeness (QED) is 0.877. The van der Waals surface area contributed by atoms with Crippen molar-refractivity contribution in [3.05, 3.63) is 35.4 Å². The summed E-state index contributed by atoms with van der Waals surface area (Å²) < 4.78 is 37.6. The zero-order chi connectivity index (χ0) is 15.5. The van der Waals surface area contributed by atoms with Gasteiger partial charge in [-0.1, -0.05) is 12.1 Å². The van der Waals surface area contributed by atoms with Gasteiger partial charge in [-0.2, -0.15) is 13.2 Å². The van der Waals surface area contributed by atoms with E-state index >= 15 is 0 Å². The summed E-state index contributed by atoms with van der Waals surface area (Å²) in [6.07, 6.45) is -2.85. The number of likely N-dealkylation sites (tertiary alicyclic amines) is 1. The molecule has 3 nitrogen and oxygen atoms in total. The average molecular weight is 302 g/mol. The van der Waals surface area contributed by atoms with Gasteiger partial charge in [0.1, 0.15) is 0 Å². The van der Waals surface area contributed by atoms with E-state index in [1.165, 1.54) is 12.1 Å². The van der Waals surface area contributed by atoms with E-state index in [4.69, 9.17) is 0 Å². The molecule has 1 aliphatic heterocycles. The number of aliphatic hydroxyl groups excluding tert-OH is 1. The highest BCUT2D eigenvalue weighted by molar-refractivity contribution is 5.26. The maximum Gasteiger partial charge on any atom is 0.416 e. The Bertz CT molecular complexity index is 441. The highest BCUT2D eigenvalue weighted by atomic mass is 19.4. The lowest BCUT2D eigenvalue weighted by Crippen LogP contribution is -2.42. The summed E-state index contributed by atoms with van der Waals surface area (Å²) in [5, 5.41) is 13.4. The lowest BCUT2D eigenvalue weighted by molar-refractivity contribution is -0.137. The molecule has 1 aliphatic rings. The van der Waals surface area contributed by atoms with Crippen LogP contribution in [0.25, 0.3) is 0 Å². The van der Waals surface area contributed by atoms with Gasteiger partial charge in [-0.15, -0.1) is 0 Å². The van der Waals surface area contributed by atoms with E-state index in [0.717, 1.165) is 38.1 Å². The fourth-order valence-corrected chi connectivity index (χ4v) is 2.69. The molecule has 0 spiro atoms. The van der Waals surface area contributed by atoms with E-state index in [1.807, 2.05) is 0 Å². The van der Waals surface area contributed by atoms with Gasteiger partial charge < -0.3 is 15.3 Å². The van der Waals surface area contributed by atoms with Crippen molar-refractivity contribution in [2.24, 2.45) is 0 Å². The zero-order valence-corrected chi connectivity index (χ0v) is 12.0. The number of aliphatic hydroxyl groups is 1. The van der Waals surface area contributed by atoms with Crippen LogP contribution in [-0.2, 0) is 6.18 Å². The smallest absolute Gasteiger partial charge is 0.387 e. The predicted octanol–water partition coefficient (Wildman–Crippen LogP) is 2.42. The number of nitrogens with zero attached hydrogens (tertiary/aromatic N) is 1. The van der Waals surface area contributed by atoms with Crippen LogP contribution in [0.15, 0.2) is 24.3 Å². The SMILES string of the molecule is CNC(CN1CCCC1)C(O)c1ccc(C(F)(F)F)cc1. The van der Waals surface area contributed by atoms with Crippen LogP contribution in [0.3, 0.4) is 0 Å².